The normalized spacial score (nSPS) is 10.8. The Hall–Kier alpha value is -1.42. The minimum absolute atomic E-state index is 0.236. The quantitative estimate of drug-likeness (QED) is 0.785. The van der Waals surface area contributed by atoms with Crippen molar-refractivity contribution in [2.75, 3.05) is 5.88 Å². The van der Waals surface area contributed by atoms with E-state index in [4.69, 9.17) is 11.6 Å². The highest BCUT2D eigenvalue weighted by Gasteiger charge is 2.05. The highest BCUT2D eigenvalue weighted by molar-refractivity contribution is 6.17. The fourth-order valence-electron chi connectivity index (χ4n) is 1.51. The number of aromatic nitrogens is 3. The van der Waals surface area contributed by atoms with Crippen molar-refractivity contribution in [3.05, 3.63) is 41.5 Å². The zero-order valence-electron chi connectivity index (χ0n) is 9.53. The van der Waals surface area contributed by atoms with Gasteiger partial charge in [0.05, 0.1) is 17.6 Å². The Bertz CT molecular complexity index is 510. The van der Waals surface area contributed by atoms with Crippen molar-refractivity contribution in [3.63, 3.8) is 0 Å². The van der Waals surface area contributed by atoms with E-state index in [-0.39, 0.29) is 5.82 Å². The molecule has 0 saturated heterocycles. The van der Waals surface area contributed by atoms with Crippen molar-refractivity contribution in [2.24, 2.45) is 0 Å². The summed E-state index contributed by atoms with van der Waals surface area (Å²) in [6.07, 6.45) is 3.46. The van der Waals surface area contributed by atoms with Gasteiger partial charge in [-0.25, -0.2) is 9.07 Å². The second-order valence-corrected chi connectivity index (χ2v) is 4.26. The maximum atomic E-state index is 13.4. The van der Waals surface area contributed by atoms with Gasteiger partial charge in [0.1, 0.15) is 5.82 Å². The molecule has 1 heterocycles. The van der Waals surface area contributed by atoms with E-state index in [1.165, 1.54) is 6.07 Å². The first-order valence-electron chi connectivity index (χ1n) is 5.44. The number of hydrogen-bond acceptors (Lipinski definition) is 2. The van der Waals surface area contributed by atoms with E-state index in [9.17, 15) is 4.39 Å². The molecular weight excluding hydrogens is 241 g/mol. The van der Waals surface area contributed by atoms with Crippen molar-refractivity contribution in [3.8, 4) is 5.69 Å². The number of hydrogen-bond donors (Lipinski definition) is 0. The summed E-state index contributed by atoms with van der Waals surface area (Å²) >= 11 is 5.61. The van der Waals surface area contributed by atoms with Crippen LogP contribution in [0.3, 0.4) is 0 Å². The largest absolute Gasteiger partial charge is 0.220 e. The van der Waals surface area contributed by atoms with Gasteiger partial charge >= 0.3 is 0 Å². The summed E-state index contributed by atoms with van der Waals surface area (Å²) in [4.78, 5) is 0. The third-order valence-electron chi connectivity index (χ3n) is 2.53. The molecule has 0 bridgehead atoms. The fourth-order valence-corrected chi connectivity index (χ4v) is 1.64. The monoisotopic (exact) mass is 253 g/mol. The second kappa shape index (κ2) is 5.27. The van der Waals surface area contributed by atoms with Gasteiger partial charge in [-0.3, -0.25) is 0 Å². The van der Waals surface area contributed by atoms with Gasteiger partial charge in [0, 0.05) is 5.88 Å². The van der Waals surface area contributed by atoms with Crippen LogP contribution in [0.5, 0.6) is 0 Å². The number of nitrogens with zero attached hydrogens (tertiary/aromatic N) is 3. The first-order chi connectivity index (χ1) is 8.20. The highest BCUT2D eigenvalue weighted by Crippen LogP contribution is 2.13. The van der Waals surface area contributed by atoms with Crippen LogP contribution in [0.4, 0.5) is 4.39 Å². The molecule has 5 heteroatoms. The Labute approximate surface area is 104 Å². The van der Waals surface area contributed by atoms with E-state index in [0.717, 1.165) is 18.5 Å². The average Bonchev–Trinajstić information content (AvgIpc) is 2.79. The third-order valence-corrected chi connectivity index (χ3v) is 2.79. The number of rotatable bonds is 4. The van der Waals surface area contributed by atoms with E-state index in [0.29, 0.717) is 17.1 Å². The average molecular weight is 254 g/mol. The lowest BCUT2D eigenvalue weighted by Gasteiger charge is -2.01. The van der Waals surface area contributed by atoms with E-state index in [1.807, 2.05) is 6.07 Å². The van der Waals surface area contributed by atoms with Gasteiger partial charge in [0.25, 0.3) is 0 Å². The summed E-state index contributed by atoms with van der Waals surface area (Å²) in [5.41, 5.74) is 2.17. The maximum Gasteiger partial charge on any atom is 0.128 e. The van der Waals surface area contributed by atoms with Crippen molar-refractivity contribution < 1.29 is 4.39 Å². The predicted octanol–water partition coefficient (Wildman–Crippen LogP) is 2.89. The molecule has 90 valence electrons. The van der Waals surface area contributed by atoms with Crippen LogP contribution in [0, 0.1) is 12.7 Å². The topological polar surface area (TPSA) is 30.7 Å². The van der Waals surface area contributed by atoms with Crippen molar-refractivity contribution in [2.45, 2.75) is 19.8 Å². The van der Waals surface area contributed by atoms with Crippen LogP contribution in [-0.2, 0) is 6.42 Å². The highest BCUT2D eigenvalue weighted by atomic mass is 35.5. The van der Waals surface area contributed by atoms with Gasteiger partial charge in [0.2, 0.25) is 0 Å². The summed E-state index contributed by atoms with van der Waals surface area (Å²) in [7, 11) is 0. The van der Waals surface area contributed by atoms with Gasteiger partial charge in [-0.1, -0.05) is 11.3 Å². The molecule has 0 fully saturated rings. The van der Waals surface area contributed by atoms with Crippen molar-refractivity contribution in [1.82, 2.24) is 15.0 Å². The van der Waals surface area contributed by atoms with Crippen molar-refractivity contribution >= 4 is 11.6 Å². The van der Waals surface area contributed by atoms with Crippen LogP contribution in [0.25, 0.3) is 5.69 Å². The lowest BCUT2D eigenvalue weighted by atomic mass is 10.2. The summed E-state index contributed by atoms with van der Waals surface area (Å²) in [6.45, 7) is 1.73. The minimum Gasteiger partial charge on any atom is -0.220 e. The Morgan fingerprint density at radius 1 is 1.41 bits per heavy atom. The molecule has 0 saturated carbocycles. The third kappa shape index (κ3) is 2.82. The standard InChI is InChI=1S/C12H13ClFN3/c1-9-4-5-11(7-12(9)14)17-8-10(15-16-17)3-2-6-13/h4-5,7-8H,2-3,6H2,1H3. The molecule has 0 spiro atoms. The molecule has 0 atom stereocenters. The fraction of sp³-hybridized carbons (Fsp3) is 0.333. The maximum absolute atomic E-state index is 13.4. The first-order valence-corrected chi connectivity index (χ1v) is 5.98. The zero-order valence-corrected chi connectivity index (χ0v) is 10.3. The van der Waals surface area contributed by atoms with Crippen LogP contribution < -0.4 is 0 Å². The Balaban J connectivity index is 2.21. The van der Waals surface area contributed by atoms with Gasteiger partial charge in [-0.15, -0.1) is 16.7 Å². The van der Waals surface area contributed by atoms with E-state index >= 15 is 0 Å². The Kier molecular flexibility index (Phi) is 3.74. The molecule has 0 radical (unpaired) electrons. The molecule has 0 aliphatic rings. The van der Waals surface area contributed by atoms with Crippen LogP contribution in [0.15, 0.2) is 24.4 Å². The van der Waals surface area contributed by atoms with E-state index in [1.54, 1.807) is 23.9 Å². The molecule has 1 aromatic heterocycles. The molecule has 2 rings (SSSR count). The van der Waals surface area contributed by atoms with Gasteiger partial charge in [-0.05, 0) is 37.5 Å². The van der Waals surface area contributed by atoms with Crippen LogP contribution in [0.1, 0.15) is 17.7 Å². The van der Waals surface area contributed by atoms with Crippen molar-refractivity contribution in [1.29, 1.82) is 0 Å². The van der Waals surface area contributed by atoms with Gasteiger partial charge < -0.3 is 0 Å². The number of alkyl halides is 1. The zero-order chi connectivity index (χ0) is 12.3. The van der Waals surface area contributed by atoms with Gasteiger partial charge in [0.15, 0.2) is 0 Å². The molecule has 3 nitrogen and oxygen atoms in total. The summed E-state index contributed by atoms with van der Waals surface area (Å²) in [6, 6.07) is 5.00. The molecule has 0 amide bonds. The van der Waals surface area contributed by atoms with E-state index < -0.39 is 0 Å². The molecule has 0 N–H and O–H groups in total. The van der Waals surface area contributed by atoms with Crippen LogP contribution in [0.2, 0.25) is 0 Å². The second-order valence-electron chi connectivity index (χ2n) is 3.88. The SMILES string of the molecule is Cc1ccc(-n2cc(CCCCl)nn2)cc1F. The molecule has 0 aliphatic heterocycles. The lowest BCUT2D eigenvalue weighted by molar-refractivity contribution is 0.615. The van der Waals surface area contributed by atoms with E-state index in [2.05, 4.69) is 10.3 Å². The predicted molar refractivity (Wildman–Crippen MR) is 65.1 cm³/mol. The van der Waals surface area contributed by atoms with Crippen LogP contribution >= 0.6 is 11.6 Å². The Morgan fingerprint density at radius 3 is 2.94 bits per heavy atom. The molecule has 17 heavy (non-hydrogen) atoms. The van der Waals surface area contributed by atoms with Crippen LogP contribution in [-0.4, -0.2) is 20.9 Å². The minimum atomic E-state index is -0.236. The van der Waals surface area contributed by atoms with Gasteiger partial charge in [-0.2, -0.15) is 0 Å². The molecule has 1 aromatic carbocycles. The summed E-state index contributed by atoms with van der Waals surface area (Å²) in [5, 5.41) is 7.98. The smallest absolute Gasteiger partial charge is 0.128 e. The molecular formula is C12H13ClFN3. The molecule has 2 aromatic rings. The number of benzene rings is 1. The summed E-state index contributed by atoms with van der Waals surface area (Å²) in [5.74, 6) is 0.367. The molecule has 0 aliphatic carbocycles. The number of halogens is 2. The lowest BCUT2D eigenvalue weighted by Crippen LogP contribution is -1.96. The number of aryl methyl sites for hydroxylation is 2. The first kappa shape index (κ1) is 12.0. The summed E-state index contributed by atoms with van der Waals surface area (Å²) < 4.78 is 15.0. The molecule has 0 unspecified atom stereocenters. The Morgan fingerprint density at radius 2 is 2.24 bits per heavy atom.